The van der Waals surface area contributed by atoms with Crippen molar-refractivity contribution in [3.63, 3.8) is 0 Å². The van der Waals surface area contributed by atoms with Gasteiger partial charge in [-0.3, -0.25) is 0 Å². The first kappa shape index (κ1) is 16.3. The molecule has 1 heterocycles. The van der Waals surface area contributed by atoms with E-state index in [1.807, 2.05) is 31.2 Å². The van der Waals surface area contributed by atoms with Gasteiger partial charge < -0.3 is 10.5 Å². The van der Waals surface area contributed by atoms with Crippen molar-refractivity contribution < 1.29 is 4.74 Å². The average Bonchev–Trinajstić information content (AvgIpc) is 2.81. The van der Waals surface area contributed by atoms with Crippen molar-refractivity contribution in [2.75, 3.05) is 0 Å². The van der Waals surface area contributed by atoms with Gasteiger partial charge in [0.15, 0.2) is 0 Å². The van der Waals surface area contributed by atoms with Gasteiger partial charge in [-0.2, -0.15) is 0 Å². The van der Waals surface area contributed by atoms with Crippen LogP contribution in [-0.2, 0) is 5.41 Å². The number of hydrogen-bond acceptors (Lipinski definition) is 3. The molecule has 1 aromatic heterocycles. The molecule has 0 aliphatic rings. The lowest BCUT2D eigenvalue weighted by molar-refractivity contribution is 0.184. The molecule has 2 unspecified atom stereocenters. The largest absolute Gasteiger partial charge is 0.483 e. The minimum Gasteiger partial charge on any atom is -0.483 e. The molecule has 2 nitrogen and oxygen atoms in total. The standard InChI is InChI=1S/C17H22ClNOS/c1-11(19)16(14-8-9-15(18)21-14)20-13-7-5-6-12(10-13)17(2,3)4/h5-11,16H,19H2,1-4H3. The molecular weight excluding hydrogens is 302 g/mol. The Hall–Kier alpha value is -1.03. The summed E-state index contributed by atoms with van der Waals surface area (Å²) in [5.74, 6) is 0.842. The van der Waals surface area contributed by atoms with Gasteiger partial charge in [0.05, 0.1) is 4.34 Å². The maximum atomic E-state index is 6.14. The lowest BCUT2D eigenvalue weighted by Crippen LogP contribution is -2.28. The highest BCUT2D eigenvalue weighted by Gasteiger charge is 2.21. The Labute approximate surface area is 135 Å². The molecule has 114 valence electrons. The highest BCUT2D eigenvalue weighted by atomic mass is 35.5. The predicted octanol–water partition coefficient (Wildman–Crippen LogP) is 5.17. The zero-order valence-corrected chi connectivity index (χ0v) is 14.5. The van der Waals surface area contributed by atoms with Crippen molar-refractivity contribution in [3.8, 4) is 5.75 Å². The molecule has 0 saturated heterocycles. The van der Waals surface area contributed by atoms with Crippen molar-refractivity contribution in [1.82, 2.24) is 0 Å². The van der Waals surface area contributed by atoms with Crippen LogP contribution in [-0.4, -0.2) is 6.04 Å². The van der Waals surface area contributed by atoms with E-state index in [1.54, 1.807) is 0 Å². The zero-order chi connectivity index (χ0) is 15.6. The summed E-state index contributed by atoms with van der Waals surface area (Å²) >= 11 is 7.53. The Balaban J connectivity index is 2.26. The normalized spacial score (nSPS) is 14.8. The molecule has 0 saturated carbocycles. The fraction of sp³-hybridized carbons (Fsp3) is 0.412. The van der Waals surface area contributed by atoms with E-state index < -0.39 is 0 Å². The molecule has 0 amide bonds. The van der Waals surface area contributed by atoms with Crippen LogP contribution in [0.4, 0.5) is 0 Å². The van der Waals surface area contributed by atoms with Gasteiger partial charge in [-0.05, 0) is 42.2 Å². The minimum absolute atomic E-state index is 0.0927. The van der Waals surface area contributed by atoms with E-state index in [1.165, 1.54) is 16.9 Å². The van der Waals surface area contributed by atoms with Crippen LogP contribution in [0.1, 0.15) is 44.2 Å². The Kier molecular flexibility index (Phi) is 4.97. The number of thiophene rings is 1. The van der Waals surface area contributed by atoms with Crippen molar-refractivity contribution >= 4 is 22.9 Å². The average molecular weight is 324 g/mol. The third-order valence-corrected chi connectivity index (χ3v) is 4.61. The molecule has 0 aliphatic heterocycles. The molecule has 4 heteroatoms. The lowest BCUT2D eigenvalue weighted by atomic mass is 9.87. The van der Waals surface area contributed by atoms with Crippen molar-refractivity contribution in [3.05, 3.63) is 51.2 Å². The van der Waals surface area contributed by atoms with E-state index in [2.05, 4.69) is 32.9 Å². The molecule has 1 aromatic carbocycles. The first-order chi connectivity index (χ1) is 9.77. The third-order valence-electron chi connectivity index (χ3n) is 3.32. The summed E-state index contributed by atoms with van der Waals surface area (Å²) in [7, 11) is 0. The van der Waals surface area contributed by atoms with E-state index in [-0.39, 0.29) is 17.6 Å². The summed E-state index contributed by atoms with van der Waals surface area (Å²) in [5.41, 5.74) is 7.42. The Morgan fingerprint density at radius 3 is 2.43 bits per heavy atom. The van der Waals surface area contributed by atoms with Crippen LogP contribution in [0.25, 0.3) is 0 Å². The molecule has 2 N–H and O–H groups in total. The molecular formula is C17H22ClNOS. The summed E-state index contributed by atoms with van der Waals surface area (Å²) < 4.78 is 6.89. The maximum Gasteiger partial charge on any atom is 0.148 e. The van der Waals surface area contributed by atoms with Gasteiger partial charge in [-0.25, -0.2) is 0 Å². The van der Waals surface area contributed by atoms with Crippen LogP contribution in [0, 0.1) is 0 Å². The number of ether oxygens (including phenoxy) is 1. The molecule has 2 rings (SSSR count). The van der Waals surface area contributed by atoms with E-state index >= 15 is 0 Å². The zero-order valence-electron chi connectivity index (χ0n) is 12.9. The van der Waals surface area contributed by atoms with E-state index in [0.717, 1.165) is 15.0 Å². The third kappa shape index (κ3) is 4.22. The van der Waals surface area contributed by atoms with Gasteiger partial charge in [-0.1, -0.05) is 44.5 Å². The molecule has 2 aromatic rings. The Morgan fingerprint density at radius 1 is 1.19 bits per heavy atom. The number of halogens is 1. The summed E-state index contributed by atoms with van der Waals surface area (Å²) in [6.07, 6.45) is -0.183. The first-order valence-corrected chi connectivity index (χ1v) is 8.25. The van der Waals surface area contributed by atoms with Crippen LogP contribution < -0.4 is 10.5 Å². The molecule has 0 spiro atoms. The Bertz CT molecular complexity index is 601. The maximum absolute atomic E-state index is 6.14. The Morgan fingerprint density at radius 2 is 1.90 bits per heavy atom. The smallest absolute Gasteiger partial charge is 0.148 e. The second-order valence-electron chi connectivity index (χ2n) is 6.32. The topological polar surface area (TPSA) is 35.2 Å². The summed E-state index contributed by atoms with van der Waals surface area (Å²) in [5, 5.41) is 0. The monoisotopic (exact) mass is 323 g/mol. The van der Waals surface area contributed by atoms with Gasteiger partial charge in [-0.15, -0.1) is 11.3 Å². The fourth-order valence-corrected chi connectivity index (χ4v) is 3.29. The summed E-state index contributed by atoms with van der Waals surface area (Å²) in [6, 6.07) is 12.0. The van der Waals surface area contributed by atoms with Crippen LogP contribution in [0.3, 0.4) is 0 Å². The second kappa shape index (κ2) is 6.39. The number of benzene rings is 1. The quantitative estimate of drug-likeness (QED) is 0.842. The first-order valence-electron chi connectivity index (χ1n) is 7.05. The van der Waals surface area contributed by atoms with E-state index in [0.29, 0.717) is 0 Å². The lowest BCUT2D eigenvalue weighted by Gasteiger charge is -2.24. The predicted molar refractivity (Wildman–Crippen MR) is 91.5 cm³/mol. The molecule has 0 bridgehead atoms. The summed E-state index contributed by atoms with van der Waals surface area (Å²) in [6.45, 7) is 8.52. The van der Waals surface area contributed by atoms with Crippen molar-refractivity contribution in [2.45, 2.75) is 45.3 Å². The highest BCUT2D eigenvalue weighted by Crippen LogP contribution is 2.33. The molecule has 0 aliphatic carbocycles. The summed E-state index contributed by atoms with van der Waals surface area (Å²) in [4.78, 5) is 1.05. The van der Waals surface area contributed by atoms with Crippen molar-refractivity contribution in [1.29, 1.82) is 0 Å². The number of hydrogen-bond donors (Lipinski definition) is 1. The van der Waals surface area contributed by atoms with Crippen LogP contribution in [0.5, 0.6) is 5.75 Å². The molecule has 0 fully saturated rings. The van der Waals surface area contributed by atoms with Crippen LogP contribution >= 0.6 is 22.9 Å². The number of rotatable bonds is 4. The van der Waals surface area contributed by atoms with Gasteiger partial charge in [0, 0.05) is 10.9 Å². The highest BCUT2D eigenvalue weighted by molar-refractivity contribution is 7.16. The minimum atomic E-state index is -0.183. The van der Waals surface area contributed by atoms with Gasteiger partial charge in [0.25, 0.3) is 0 Å². The molecule has 2 atom stereocenters. The molecule has 0 radical (unpaired) electrons. The van der Waals surface area contributed by atoms with Gasteiger partial charge >= 0.3 is 0 Å². The van der Waals surface area contributed by atoms with Crippen LogP contribution in [0.2, 0.25) is 4.34 Å². The van der Waals surface area contributed by atoms with E-state index in [4.69, 9.17) is 22.1 Å². The number of nitrogens with two attached hydrogens (primary N) is 1. The SMILES string of the molecule is CC(N)C(Oc1cccc(C(C)(C)C)c1)c1ccc(Cl)s1. The van der Waals surface area contributed by atoms with Crippen LogP contribution in [0.15, 0.2) is 36.4 Å². The van der Waals surface area contributed by atoms with Gasteiger partial charge in [0.2, 0.25) is 0 Å². The fourth-order valence-electron chi connectivity index (χ4n) is 2.09. The molecule has 21 heavy (non-hydrogen) atoms. The van der Waals surface area contributed by atoms with Gasteiger partial charge in [0.1, 0.15) is 11.9 Å². The van der Waals surface area contributed by atoms with Crippen molar-refractivity contribution in [2.24, 2.45) is 5.73 Å². The second-order valence-corrected chi connectivity index (χ2v) is 8.06. The van der Waals surface area contributed by atoms with E-state index in [9.17, 15) is 0 Å².